The number of unbranched alkanes of at least 4 members (excludes halogenated alkanes) is 1. The highest BCUT2D eigenvalue weighted by molar-refractivity contribution is 5.24. The van der Waals surface area contributed by atoms with Crippen molar-refractivity contribution in [2.24, 2.45) is 0 Å². The minimum Gasteiger partial charge on any atom is -0.393 e. The quantitative estimate of drug-likeness (QED) is 0.753. The summed E-state index contributed by atoms with van der Waals surface area (Å²) in [7, 11) is 0. The molecule has 0 unspecified atom stereocenters. The molecule has 2 heteroatoms. The minimum absolute atomic E-state index is 0.214. The van der Waals surface area contributed by atoms with Crippen LogP contribution in [0.15, 0.2) is 24.3 Å². The van der Waals surface area contributed by atoms with Crippen LogP contribution in [0.3, 0.4) is 0 Å². The molecular weight excluding hydrogens is 176 g/mol. The average molecular weight is 194 g/mol. The molecule has 1 atom stereocenters. The van der Waals surface area contributed by atoms with Gasteiger partial charge >= 0.3 is 0 Å². The van der Waals surface area contributed by atoms with Gasteiger partial charge in [-0.05, 0) is 24.0 Å². The zero-order chi connectivity index (χ0) is 10.4. The molecule has 1 aromatic rings. The summed E-state index contributed by atoms with van der Waals surface area (Å²) in [5.74, 6) is 0. The topological polar surface area (TPSA) is 40.5 Å². The van der Waals surface area contributed by atoms with E-state index >= 15 is 0 Å². The molecule has 0 aliphatic heterocycles. The summed E-state index contributed by atoms with van der Waals surface area (Å²) >= 11 is 0. The Labute approximate surface area is 85.2 Å². The summed E-state index contributed by atoms with van der Waals surface area (Å²) in [6.45, 7) is 1.96. The maximum atomic E-state index is 9.35. The van der Waals surface area contributed by atoms with Crippen molar-refractivity contribution in [1.29, 1.82) is 0 Å². The Morgan fingerprint density at radius 3 is 2.36 bits per heavy atom. The van der Waals surface area contributed by atoms with Gasteiger partial charge in [0.1, 0.15) is 6.10 Å². The predicted molar refractivity (Wildman–Crippen MR) is 57.1 cm³/mol. The summed E-state index contributed by atoms with van der Waals surface area (Å²) in [4.78, 5) is 0. The van der Waals surface area contributed by atoms with E-state index in [0.717, 1.165) is 12.0 Å². The Balaban J connectivity index is 2.59. The molecular formula is C12H18O2. The first-order valence-corrected chi connectivity index (χ1v) is 5.15. The van der Waals surface area contributed by atoms with Gasteiger partial charge in [-0.15, -0.1) is 0 Å². The molecule has 0 aliphatic rings. The van der Waals surface area contributed by atoms with Gasteiger partial charge in [0, 0.05) is 0 Å². The zero-order valence-corrected chi connectivity index (χ0v) is 8.61. The number of rotatable bonds is 5. The van der Waals surface area contributed by atoms with Crippen molar-refractivity contribution in [1.82, 2.24) is 0 Å². The van der Waals surface area contributed by atoms with Crippen molar-refractivity contribution >= 4 is 0 Å². The van der Waals surface area contributed by atoms with Gasteiger partial charge in [-0.3, -0.25) is 0 Å². The van der Waals surface area contributed by atoms with Crippen molar-refractivity contribution in [3.05, 3.63) is 35.4 Å². The fourth-order valence-corrected chi connectivity index (χ4v) is 1.39. The van der Waals surface area contributed by atoms with Crippen LogP contribution in [0.2, 0.25) is 0 Å². The Morgan fingerprint density at radius 1 is 1.21 bits per heavy atom. The second-order valence-electron chi connectivity index (χ2n) is 3.54. The van der Waals surface area contributed by atoms with Crippen LogP contribution in [0.1, 0.15) is 37.0 Å². The first kappa shape index (κ1) is 11.2. The fourth-order valence-electron chi connectivity index (χ4n) is 1.39. The first-order valence-electron chi connectivity index (χ1n) is 5.15. The molecule has 1 rings (SSSR count). The van der Waals surface area contributed by atoms with E-state index < -0.39 is 6.10 Å². The molecule has 2 nitrogen and oxygen atoms in total. The highest BCUT2D eigenvalue weighted by atomic mass is 16.3. The van der Waals surface area contributed by atoms with Crippen molar-refractivity contribution in [2.45, 2.75) is 32.3 Å². The maximum Gasteiger partial charge on any atom is 0.102 e. The Kier molecular flexibility index (Phi) is 4.63. The molecule has 0 heterocycles. The van der Waals surface area contributed by atoms with Crippen LogP contribution in [-0.4, -0.2) is 16.8 Å². The summed E-state index contributed by atoms with van der Waals surface area (Å²) in [6, 6.07) is 7.80. The van der Waals surface area contributed by atoms with Crippen LogP contribution < -0.4 is 0 Å². The summed E-state index contributed by atoms with van der Waals surface area (Å²) in [5.41, 5.74) is 2.08. The summed E-state index contributed by atoms with van der Waals surface area (Å²) < 4.78 is 0. The lowest BCUT2D eigenvalue weighted by atomic mass is 10.0. The molecule has 0 amide bonds. The highest BCUT2D eigenvalue weighted by Gasteiger charge is 2.04. The monoisotopic (exact) mass is 194 g/mol. The van der Waals surface area contributed by atoms with Crippen molar-refractivity contribution in [3.63, 3.8) is 0 Å². The van der Waals surface area contributed by atoms with Gasteiger partial charge in [0.2, 0.25) is 0 Å². The molecule has 0 bridgehead atoms. The third-order valence-corrected chi connectivity index (χ3v) is 2.36. The van der Waals surface area contributed by atoms with Gasteiger partial charge in [0.05, 0.1) is 6.61 Å². The van der Waals surface area contributed by atoms with Crippen molar-refractivity contribution in [2.75, 3.05) is 6.61 Å². The van der Waals surface area contributed by atoms with E-state index in [1.807, 2.05) is 24.3 Å². The fraction of sp³-hybridized carbons (Fsp3) is 0.500. The highest BCUT2D eigenvalue weighted by Crippen LogP contribution is 2.14. The van der Waals surface area contributed by atoms with E-state index in [9.17, 15) is 5.11 Å². The van der Waals surface area contributed by atoms with Crippen LogP contribution in [0.5, 0.6) is 0 Å². The Morgan fingerprint density at radius 2 is 1.86 bits per heavy atom. The molecule has 14 heavy (non-hydrogen) atoms. The Hall–Kier alpha value is -0.860. The van der Waals surface area contributed by atoms with Gasteiger partial charge in [-0.25, -0.2) is 0 Å². The van der Waals surface area contributed by atoms with Gasteiger partial charge < -0.3 is 10.2 Å². The number of benzene rings is 1. The third kappa shape index (κ3) is 3.13. The number of hydrogen-bond donors (Lipinski definition) is 2. The van der Waals surface area contributed by atoms with Gasteiger partial charge in [0.25, 0.3) is 0 Å². The summed E-state index contributed by atoms with van der Waals surface area (Å²) in [6.07, 6.45) is 2.74. The van der Waals surface area contributed by atoms with Gasteiger partial charge in [0.15, 0.2) is 0 Å². The van der Waals surface area contributed by atoms with E-state index in [-0.39, 0.29) is 6.61 Å². The maximum absolute atomic E-state index is 9.35. The molecule has 0 saturated carbocycles. The number of hydrogen-bond acceptors (Lipinski definition) is 2. The zero-order valence-electron chi connectivity index (χ0n) is 8.61. The van der Waals surface area contributed by atoms with E-state index in [1.165, 1.54) is 18.4 Å². The van der Waals surface area contributed by atoms with Crippen LogP contribution in [0.4, 0.5) is 0 Å². The molecule has 0 aliphatic carbocycles. The smallest absolute Gasteiger partial charge is 0.102 e. The molecule has 0 spiro atoms. The molecule has 0 radical (unpaired) electrons. The minimum atomic E-state index is -0.741. The first-order chi connectivity index (χ1) is 6.77. The molecule has 0 aromatic heterocycles. The molecule has 0 saturated heterocycles. The molecule has 2 N–H and O–H groups in total. The lowest BCUT2D eigenvalue weighted by molar-refractivity contribution is 0.0956. The van der Waals surface area contributed by atoms with E-state index in [2.05, 4.69) is 6.92 Å². The molecule has 0 fully saturated rings. The van der Waals surface area contributed by atoms with Gasteiger partial charge in [-0.2, -0.15) is 0 Å². The van der Waals surface area contributed by atoms with Crippen LogP contribution >= 0.6 is 0 Å². The largest absolute Gasteiger partial charge is 0.393 e. The number of aliphatic hydroxyl groups is 2. The normalized spacial score (nSPS) is 12.8. The Bertz CT molecular complexity index is 254. The average Bonchev–Trinajstić information content (AvgIpc) is 2.26. The molecule has 1 aromatic carbocycles. The van der Waals surface area contributed by atoms with Crippen LogP contribution in [0, 0.1) is 0 Å². The molecule has 78 valence electrons. The van der Waals surface area contributed by atoms with Crippen LogP contribution in [0.25, 0.3) is 0 Å². The predicted octanol–water partition coefficient (Wildman–Crippen LogP) is 2.05. The van der Waals surface area contributed by atoms with Crippen molar-refractivity contribution in [3.8, 4) is 0 Å². The van der Waals surface area contributed by atoms with E-state index in [1.54, 1.807) is 0 Å². The van der Waals surface area contributed by atoms with Gasteiger partial charge in [-0.1, -0.05) is 37.6 Å². The summed E-state index contributed by atoms with van der Waals surface area (Å²) in [5, 5.41) is 18.1. The van der Waals surface area contributed by atoms with E-state index in [4.69, 9.17) is 5.11 Å². The number of aliphatic hydroxyl groups excluding tert-OH is 2. The SMILES string of the molecule is CCCCc1ccc([C@@H](O)CO)cc1. The second kappa shape index (κ2) is 5.78. The number of aryl methyl sites for hydroxylation is 1. The lowest BCUT2D eigenvalue weighted by Crippen LogP contribution is -2.02. The second-order valence-corrected chi connectivity index (χ2v) is 3.54. The lowest BCUT2D eigenvalue weighted by Gasteiger charge is -2.08. The standard InChI is InChI=1S/C12H18O2/c1-2-3-4-10-5-7-11(8-6-10)12(14)9-13/h5-8,12-14H,2-4,9H2,1H3/t12-/m0/s1. The third-order valence-electron chi connectivity index (χ3n) is 2.36. The van der Waals surface area contributed by atoms with Crippen molar-refractivity contribution < 1.29 is 10.2 Å². The van der Waals surface area contributed by atoms with E-state index in [0.29, 0.717) is 0 Å². The van der Waals surface area contributed by atoms with Crippen LogP contribution in [-0.2, 0) is 6.42 Å².